The predicted octanol–water partition coefficient (Wildman–Crippen LogP) is 1.37. The Hall–Kier alpha value is -1.32. The zero-order valence-corrected chi connectivity index (χ0v) is 10.9. The number of carbonyl (C=O) groups excluding carboxylic acids is 2. The molecule has 0 unspecified atom stereocenters. The number of amides is 2. The van der Waals surface area contributed by atoms with E-state index in [-0.39, 0.29) is 23.9 Å². The summed E-state index contributed by atoms with van der Waals surface area (Å²) in [5.74, 6) is 0.152. The Morgan fingerprint density at radius 3 is 2.53 bits per heavy atom. The molecule has 0 aromatic heterocycles. The van der Waals surface area contributed by atoms with Crippen LogP contribution in [0.4, 0.5) is 0 Å². The molecule has 17 heavy (non-hydrogen) atoms. The highest BCUT2D eigenvalue weighted by Gasteiger charge is 2.16. The zero-order chi connectivity index (χ0) is 12.9. The lowest BCUT2D eigenvalue weighted by Gasteiger charge is -2.20. The molecule has 0 aromatic carbocycles. The second-order valence-electron chi connectivity index (χ2n) is 5.54. The van der Waals surface area contributed by atoms with E-state index in [4.69, 9.17) is 0 Å². The molecular formula is C13H22N2O2. The Labute approximate surface area is 103 Å². The maximum Gasteiger partial charge on any atom is 0.239 e. The Morgan fingerprint density at radius 2 is 2.00 bits per heavy atom. The summed E-state index contributed by atoms with van der Waals surface area (Å²) < 4.78 is 0. The minimum absolute atomic E-state index is 0.0504. The van der Waals surface area contributed by atoms with Crippen molar-refractivity contribution in [1.82, 2.24) is 10.6 Å². The molecule has 0 heterocycles. The topological polar surface area (TPSA) is 58.2 Å². The molecule has 2 N–H and O–H groups in total. The van der Waals surface area contributed by atoms with Gasteiger partial charge < -0.3 is 10.6 Å². The summed E-state index contributed by atoms with van der Waals surface area (Å²) in [6.45, 7) is 5.80. The van der Waals surface area contributed by atoms with Crippen LogP contribution in [0.1, 0.15) is 40.0 Å². The first-order chi connectivity index (χ1) is 7.87. The number of nitrogens with one attached hydrogen (secondary N) is 2. The van der Waals surface area contributed by atoms with Gasteiger partial charge in [-0.25, -0.2) is 0 Å². The van der Waals surface area contributed by atoms with Gasteiger partial charge in [-0.3, -0.25) is 9.59 Å². The predicted molar refractivity (Wildman–Crippen MR) is 67.4 cm³/mol. The highest BCUT2D eigenvalue weighted by molar-refractivity contribution is 5.85. The van der Waals surface area contributed by atoms with Crippen molar-refractivity contribution in [2.45, 2.75) is 45.6 Å². The highest BCUT2D eigenvalue weighted by atomic mass is 16.2. The van der Waals surface area contributed by atoms with E-state index >= 15 is 0 Å². The summed E-state index contributed by atoms with van der Waals surface area (Å²) in [4.78, 5) is 23.0. The molecule has 0 saturated carbocycles. The number of hydrogen-bond acceptors (Lipinski definition) is 2. The van der Waals surface area contributed by atoms with Gasteiger partial charge in [0.05, 0.1) is 6.54 Å². The van der Waals surface area contributed by atoms with Crippen LogP contribution in [-0.2, 0) is 9.59 Å². The molecular weight excluding hydrogens is 216 g/mol. The van der Waals surface area contributed by atoms with Crippen molar-refractivity contribution in [3.63, 3.8) is 0 Å². The SMILES string of the molecule is CC(C)(C)NC(=O)CNC(=O)C[C@@H]1C=CCC1. The number of rotatable bonds is 4. The first-order valence-electron chi connectivity index (χ1n) is 6.11. The molecule has 4 nitrogen and oxygen atoms in total. The normalized spacial score (nSPS) is 19.1. The van der Waals surface area contributed by atoms with Crippen molar-refractivity contribution in [3.05, 3.63) is 12.2 Å². The van der Waals surface area contributed by atoms with Crippen LogP contribution in [0.25, 0.3) is 0 Å². The average Bonchev–Trinajstić information content (AvgIpc) is 2.64. The standard InChI is InChI=1S/C13H22N2O2/c1-13(2,3)15-12(17)9-14-11(16)8-10-6-4-5-7-10/h4,6,10H,5,7-9H2,1-3H3,(H,14,16)(H,15,17)/t10-/m1/s1. The smallest absolute Gasteiger partial charge is 0.239 e. The highest BCUT2D eigenvalue weighted by Crippen LogP contribution is 2.19. The first kappa shape index (κ1) is 13.7. The maximum absolute atomic E-state index is 11.5. The van der Waals surface area contributed by atoms with Crippen molar-refractivity contribution in [1.29, 1.82) is 0 Å². The molecule has 2 amide bonds. The fourth-order valence-electron chi connectivity index (χ4n) is 1.82. The Balaban J connectivity index is 2.19. The van der Waals surface area contributed by atoms with E-state index < -0.39 is 0 Å². The van der Waals surface area contributed by atoms with Crippen LogP contribution in [0.5, 0.6) is 0 Å². The monoisotopic (exact) mass is 238 g/mol. The van der Waals surface area contributed by atoms with E-state index in [2.05, 4.69) is 22.8 Å². The van der Waals surface area contributed by atoms with E-state index in [0.29, 0.717) is 12.3 Å². The lowest BCUT2D eigenvalue weighted by Crippen LogP contribution is -2.45. The molecule has 0 saturated heterocycles. The Kier molecular flexibility index (Phi) is 4.73. The van der Waals surface area contributed by atoms with E-state index in [1.807, 2.05) is 20.8 Å². The zero-order valence-electron chi connectivity index (χ0n) is 10.9. The lowest BCUT2D eigenvalue weighted by molar-refractivity contribution is -0.127. The Bertz CT molecular complexity index is 316. The van der Waals surface area contributed by atoms with E-state index in [0.717, 1.165) is 12.8 Å². The van der Waals surface area contributed by atoms with E-state index in [9.17, 15) is 9.59 Å². The van der Waals surface area contributed by atoms with Crippen molar-refractivity contribution >= 4 is 11.8 Å². The summed E-state index contributed by atoms with van der Waals surface area (Å²) in [6.07, 6.45) is 6.77. The number of allylic oxidation sites excluding steroid dienone is 2. The molecule has 1 aliphatic rings. The van der Waals surface area contributed by atoms with Crippen LogP contribution in [-0.4, -0.2) is 23.9 Å². The molecule has 0 spiro atoms. The summed E-state index contributed by atoms with van der Waals surface area (Å²) in [5, 5.41) is 5.45. The molecule has 96 valence electrons. The van der Waals surface area contributed by atoms with Gasteiger partial charge >= 0.3 is 0 Å². The van der Waals surface area contributed by atoms with Crippen LogP contribution >= 0.6 is 0 Å². The molecule has 0 aliphatic heterocycles. The van der Waals surface area contributed by atoms with Gasteiger partial charge in [-0.1, -0.05) is 12.2 Å². The largest absolute Gasteiger partial charge is 0.350 e. The van der Waals surface area contributed by atoms with Gasteiger partial charge in [-0.2, -0.15) is 0 Å². The van der Waals surface area contributed by atoms with Gasteiger partial charge in [0.2, 0.25) is 11.8 Å². The molecule has 4 heteroatoms. The van der Waals surface area contributed by atoms with Crippen LogP contribution in [0.2, 0.25) is 0 Å². The van der Waals surface area contributed by atoms with Gasteiger partial charge in [0.1, 0.15) is 0 Å². The van der Waals surface area contributed by atoms with Crippen LogP contribution in [0, 0.1) is 5.92 Å². The second-order valence-corrected chi connectivity index (χ2v) is 5.54. The fraction of sp³-hybridized carbons (Fsp3) is 0.692. The van der Waals surface area contributed by atoms with E-state index in [1.165, 1.54) is 0 Å². The summed E-state index contributed by atoms with van der Waals surface area (Å²) in [6, 6.07) is 0. The molecule has 0 fully saturated rings. The van der Waals surface area contributed by atoms with Crippen LogP contribution in [0.15, 0.2) is 12.2 Å². The molecule has 1 rings (SSSR count). The maximum atomic E-state index is 11.5. The minimum Gasteiger partial charge on any atom is -0.350 e. The van der Waals surface area contributed by atoms with Crippen molar-refractivity contribution in [3.8, 4) is 0 Å². The van der Waals surface area contributed by atoms with Gasteiger partial charge in [0.15, 0.2) is 0 Å². The second kappa shape index (κ2) is 5.84. The Morgan fingerprint density at radius 1 is 1.29 bits per heavy atom. The molecule has 0 radical (unpaired) electrons. The fourth-order valence-corrected chi connectivity index (χ4v) is 1.82. The minimum atomic E-state index is -0.254. The van der Waals surface area contributed by atoms with Gasteiger partial charge in [0.25, 0.3) is 0 Å². The summed E-state index contributed by atoms with van der Waals surface area (Å²) >= 11 is 0. The van der Waals surface area contributed by atoms with Crippen molar-refractivity contribution in [2.24, 2.45) is 5.92 Å². The molecule has 1 atom stereocenters. The third kappa shape index (κ3) is 6.09. The van der Waals surface area contributed by atoms with Gasteiger partial charge in [-0.05, 0) is 39.5 Å². The average molecular weight is 238 g/mol. The van der Waals surface area contributed by atoms with Crippen molar-refractivity contribution in [2.75, 3.05) is 6.54 Å². The molecule has 1 aliphatic carbocycles. The lowest BCUT2D eigenvalue weighted by atomic mass is 10.1. The number of carbonyl (C=O) groups is 2. The van der Waals surface area contributed by atoms with Crippen LogP contribution in [0.3, 0.4) is 0 Å². The van der Waals surface area contributed by atoms with Gasteiger partial charge in [-0.15, -0.1) is 0 Å². The van der Waals surface area contributed by atoms with Gasteiger partial charge in [0, 0.05) is 12.0 Å². The molecule has 0 bridgehead atoms. The summed E-state index contributed by atoms with van der Waals surface area (Å²) in [5.41, 5.74) is -0.254. The molecule has 0 aromatic rings. The van der Waals surface area contributed by atoms with Crippen LogP contribution < -0.4 is 10.6 Å². The summed E-state index contributed by atoms with van der Waals surface area (Å²) in [7, 11) is 0. The van der Waals surface area contributed by atoms with E-state index in [1.54, 1.807) is 0 Å². The number of hydrogen-bond donors (Lipinski definition) is 2. The third-order valence-corrected chi connectivity index (χ3v) is 2.52. The quantitative estimate of drug-likeness (QED) is 0.727. The first-order valence-corrected chi connectivity index (χ1v) is 6.11. The third-order valence-electron chi connectivity index (χ3n) is 2.52. The van der Waals surface area contributed by atoms with Crippen molar-refractivity contribution < 1.29 is 9.59 Å².